The van der Waals surface area contributed by atoms with E-state index in [1.165, 1.54) is 17.0 Å². The van der Waals surface area contributed by atoms with Crippen molar-refractivity contribution in [3.63, 3.8) is 0 Å². The molecule has 1 fully saturated rings. The number of carbonyl (C=O) groups excluding carboxylic acids is 1. The van der Waals surface area contributed by atoms with Crippen LogP contribution in [0.2, 0.25) is 5.02 Å². The van der Waals surface area contributed by atoms with Crippen LogP contribution in [0.25, 0.3) is 0 Å². The second-order valence-electron chi connectivity index (χ2n) is 5.91. The largest absolute Gasteiger partial charge is 0.341 e. The highest BCUT2D eigenvalue weighted by molar-refractivity contribution is 7.89. The molecule has 1 aromatic carbocycles. The van der Waals surface area contributed by atoms with E-state index in [0.717, 1.165) is 0 Å². The van der Waals surface area contributed by atoms with Gasteiger partial charge in [-0.25, -0.2) is 17.5 Å². The lowest BCUT2D eigenvalue weighted by Gasteiger charge is -2.26. The van der Waals surface area contributed by atoms with Crippen molar-refractivity contribution < 1.29 is 17.6 Å². The molecule has 0 spiro atoms. The number of sulfonamides is 1. The van der Waals surface area contributed by atoms with E-state index < -0.39 is 21.4 Å². The van der Waals surface area contributed by atoms with Gasteiger partial charge in [-0.05, 0) is 31.0 Å². The summed E-state index contributed by atoms with van der Waals surface area (Å²) in [6, 6.07) is 4.29. The fraction of sp³-hybridized carbons (Fsp3) is 0.500. The summed E-state index contributed by atoms with van der Waals surface area (Å²) in [7, 11) is -1.66. The summed E-state index contributed by atoms with van der Waals surface area (Å²) in [5.41, 5.74) is -0.0376. The average molecular weight is 349 g/mol. The van der Waals surface area contributed by atoms with Crippen molar-refractivity contribution in [1.82, 2.24) is 9.62 Å². The zero-order valence-electron chi connectivity index (χ0n) is 12.4. The van der Waals surface area contributed by atoms with Gasteiger partial charge in [0.1, 0.15) is 5.82 Å². The molecule has 8 heteroatoms. The Morgan fingerprint density at radius 2 is 2.18 bits per heavy atom. The fourth-order valence-corrected chi connectivity index (χ4v) is 4.38. The molecule has 0 bridgehead atoms. The van der Waals surface area contributed by atoms with E-state index in [1.54, 1.807) is 20.0 Å². The lowest BCUT2D eigenvalue weighted by molar-refractivity contribution is -0.131. The second-order valence-corrected chi connectivity index (χ2v) is 8.16. The van der Waals surface area contributed by atoms with Crippen LogP contribution in [0.15, 0.2) is 18.2 Å². The number of halogens is 2. The summed E-state index contributed by atoms with van der Waals surface area (Å²) in [4.78, 5) is 13.7. The maximum Gasteiger partial charge on any atom is 0.224 e. The molecule has 1 aliphatic heterocycles. The number of hydrogen-bond donors (Lipinski definition) is 1. The minimum atomic E-state index is -3.27. The van der Waals surface area contributed by atoms with Gasteiger partial charge in [0.05, 0.1) is 10.8 Å². The Bertz CT molecular complexity index is 695. The Morgan fingerprint density at radius 3 is 2.73 bits per heavy atom. The first-order valence-corrected chi connectivity index (χ1v) is 8.83. The van der Waals surface area contributed by atoms with Gasteiger partial charge in [-0.1, -0.05) is 17.7 Å². The molecule has 5 nitrogen and oxygen atoms in total. The lowest BCUT2D eigenvalue weighted by Crippen LogP contribution is -2.43. The second kappa shape index (κ2) is 6.14. The standard InChI is InChI=1S/C14H18ClFN2O3S/c1-14(5-6-22(20,21)17-14)8-13(19)18(2)9-10-3-4-12(16)11(15)7-10/h3-4,7,17H,5-6,8-9H2,1-2H3. The Labute approximate surface area is 134 Å². The van der Waals surface area contributed by atoms with E-state index in [9.17, 15) is 17.6 Å². The summed E-state index contributed by atoms with van der Waals surface area (Å²) >= 11 is 5.71. The van der Waals surface area contributed by atoms with Crippen molar-refractivity contribution in [3.8, 4) is 0 Å². The van der Waals surface area contributed by atoms with Crippen molar-refractivity contribution in [3.05, 3.63) is 34.6 Å². The van der Waals surface area contributed by atoms with Crippen molar-refractivity contribution in [2.45, 2.75) is 31.8 Å². The van der Waals surface area contributed by atoms with Crippen molar-refractivity contribution in [1.29, 1.82) is 0 Å². The zero-order valence-corrected chi connectivity index (χ0v) is 14.0. The van der Waals surface area contributed by atoms with Gasteiger partial charge in [-0.2, -0.15) is 0 Å². The van der Waals surface area contributed by atoms with Gasteiger partial charge in [0.25, 0.3) is 0 Å². The number of benzene rings is 1. The number of amides is 1. The predicted octanol–water partition coefficient (Wildman–Crippen LogP) is 1.91. The van der Waals surface area contributed by atoms with Crippen LogP contribution >= 0.6 is 11.6 Å². The molecule has 1 atom stereocenters. The van der Waals surface area contributed by atoms with Crippen molar-refractivity contribution >= 4 is 27.5 Å². The van der Waals surface area contributed by atoms with Crippen LogP contribution in [-0.4, -0.2) is 37.6 Å². The predicted molar refractivity (Wildman–Crippen MR) is 82.4 cm³/mol. The van der Waals surface area contributed by atoms with Gasteiger partial charge < -0.3 is 4.90 Å². The molecule has 1 aliphatic rings. The van der Waals surface area contributed by atoms with Gasteiger partial charge >= 0.3 is 0 Å². The smallest absolute Gasteiger partial charge is 0.224 e. The molecule has 0 saturated carbocycles. The maximum absolute atomic E-state index is 13.1. The van der Waals surface area contributed by atoms with E-state index in [0.29, 0.717) is 12.0 Å². The van der Waals surface area contributed by atoms with Crippen LogP contribution in [0.5, 0.6) is 0 Å². The fourth-order valence-electron chi connectivity index (χ4n) is 2.43. The Balaban J connectivity index is 1.99. The van der Waals surface area contributed by atoms with E-state index in [1.807, 2.05) is 0 Å². The van der Waals surface area contributed by atoms with E-state index >= 15 is 0 Å². The van der Waals surface area contributed by atoms with Crippen LogP contribution in [-0.2, 0) is 21.4 Å². The first kappa shape index (κ1) is 17.2. The maximum atomic E-state index is 13.1. The third kappa shape index (κ3) is 4.18. The third-order valence-corrected chi connectivity index (χ3v) is 5.53. The Kier molecular flexibility index (Phi) is 4.79. The molecule has 1 unspecified atom stereocenters. The Morgan fingerprint density at radius 1 is 1.50 bits per heavy atom. The van der Waals surface area contributed by atoms with E-state index in [4.69, 9.17) is 11.6 Å². The van der Waals surface area contributed by atoms with E-state index in [-0.39, 0.29) is 29.6 Å². The summed E-state index contributed by atoms with van der Waals surface area (Å²) in [5, 5.41) is 0.00821. The first-order valence-electron chi connectivity index (χ1n) is 6.80. The lowest BCUT2D eigenvalue weighted by atomic mass is 9.95. The number of hydrogen-bond acceptors (Lipinski definition) is 3. The van der Waals surface area contributed by atoms with E-state index in [2.05, 4.69) is 4.72 Å². The quantitative estimate of drug-likeness (QED) is 0.903. The van der Waals surface area contributed by atoms with Gasteiger partial charge in [-0.15, -0.1) is 0 Å². The molecule has 1 aromatic rings. The number of nitrogens with zero attached hydrogens (tertiary/aromatic N) is 1. The zero-order chi connectivity index (χ0) is 16.5. The third-order valence-electron chi connectivity index (χ3n) is 3.70. The monoisotopic (exact) mass is 348 g/mol. The van der Waals surface area contributed by atoms with Gasteiger partial charge in [0, 0.05) is 25.6 Å². The highest BCUT2D eigenvalue weighted by atomic mass is 35.5. The number of carbonyl (C=O) groups is 1. The highest BCUT2D eigenvalue weighted by Gasteiger charge is 2.39. The minimum Gasteiger partial charge on any atom is -0.341 e. The molecule has 0 aromatic heterocycles. The summed E-state index contributed by atoms with van der Waals surface area (Å²) in [6.07, 6.45) is 0.481. The molecular weight excluding hydrogens is 331 g/mol. The van der Waals surface area contributed by atoms with Gasteiger partial charge in [-0.3, -0.25) is 4.79 Å². The average Bonchev–Trinajstić information content (AvgIpc) is 2.67. The first-order chi connectivity index (χ1) is 10.1. The minimum absolute atomic E-state index is 0.00821. The normalized spacial score (nSPS) is 23.5. The number of rotatable bonds is 4. The molecular formula is C14H18ClFN2O3S. The van der Waals surface area contributed by atoms with Crippen LogP contribution in [0.3, 0.4) is 0 Å². The summed E-state index contributed by atoms with van der Waals surface area (Å²) in [5.74, 6) is -0.659. The SMILES string of the molecule is CN(Cc1ccc(F)c(Cl)c1)C(=O)CC1(C)CCS(=O)(=O)N1. The highest BCUT2D eigenvalue weighted by Crippen LogP contribution is 2.25. The summed E-state index contributed by atoms with van der Waals surface area (Å²) < 4.78 is 38.6. The Hall–Kier alpha value is -1.18. The van der Waals surface area contributed by atoms with Crippen LogP contribution < -0.4 is 4.72 Å². The molecule has 22 heavy (non-hydrogen) atoms. The molecule has 0 aliphatic carbocycles. The molecule has 1 N–H and O–H groups in total. The molecule has 0 radical (unpaired) electrons. The molecule has 1 amide bonds. The molecule has 1 saturated heterocycles. The van der Waals surface area contributed by atoms with Crippen LogP contribution in [0, 0.1) is 5.82 Å². The van der Waals surface area contributed by atoms with Crippen molar-refractivity contribution in [2.24, 2.45) is 0 Å². The van der Waals surface area contributed by atoms with Crippen LogP contribution in [0.4, 0.5) is 4.39 Å². The van der Waals surface area contributed by atoms with Gasteiger partial charge in [0.15, 0.2) is 0 Å². The van der Waals surface area contributed by atoms with Crippen LogP contribution in [0.1, 0.15) is 25.3 Å². The number of nitrogens with one attached hydrogen (secondary N) is 1. The van der Waals surface area contributed by atoms with Crippen molar-refractivity contribution in [2.75, 3.05) is 12.8 Å². The molecule has 2 rings (SSSR count). The molecule has 122 valence electrons. The topological polar surface area (TPSA) is 66.5 Å². The van der Waals surface area contributed by atoms with Gasteiger partial charge in [0.2, 0.25) is 15.9 Å². The summed E-state index contributed by atoms with van der Waals surface area (Å²) in [6.45, 7) is 2.00. The molecule has 1 heterocycles.